The zero-order chi connectivity index (χ0) is 23.4. The number of nitrogens with one attached hydrogen (secondary N) is 2. The van der Waals surface area contributed by atoms with Gasteiger partial charge in [0.05, 0.1) is 12.5 Å². The molecule has 0 radical (unpaired) electrons. The molecule has 1 rings (SSSR count). The van der Waals surface area contributed by atoms with Crippen LogP contribution in [0.4, 0.5) is 0 Å². The monoisotopic (exact) mass is 441 g/mol. The van der Waals surface area contributed by atoms with Crippen molar-refractivity contribution < 1.29 is 29.1 Å². The molecular formula is C22H39N3O6. The highest BCUT2D eigenvalue weighted by atomic mass is 16.5. The number of hydrogen-bond donors (Lipinski definition) is 3. The van der Waals surface area contributed by atoms with Gasteiger partial charge in [-0.05, 0) is 32.1 Å². The molecule has 9 nitrogen and oxygen atoms in total. The molecule has 1 aliphatic heterocycles. The molecule has 3 atom stereocenters. The van der Waals surface area contributed by atoms with Crippen LogP contribution >= 0.6 is 0 Å². The van der Waals surface area contributed by atoms with Crippen molar-refractivity contribution in [2.45, 2.75) is 78.7 Å². The molecule has 178 valence electrons. The third-order valence-electron chi connectivity index (χ3n) is 5.67. The first-order chi connectivity index (χ1) is 14.7. The molecule has 1 saturated heterocycles. The minimum Gasteiger partial charge on any atom is -0.466 e. The van der Waals surface area contributed by atoms with Crippen LogP contribution in [0.1, 0.15) is 72.6 Å². The number of hydroxylamine groups is 1. The first kappa shape index (κ1) is 26.9. The summed E-state index contributed by atoms with van der Waals surface area (Å²) in [6.07, 6.45) is 4.42. The molecule has 0 aliphatic carbocycles. The Morgan fingerprint density at radius 1 is 1.16 bits per heavy atom. The fourth-order valence-corrected chi connectivity index (χ4v) is 3.85. The van der Waals surface area contributed by atoms with Crippen LogP contribution in [0.5, 0.6) is 0 Å². The summed E-state index contributed by atoms with van der Waals surface area (Å²) >= 11 is 0. The van der Waals surface area contributed by atoms with Crippen LogP contribution in [-0.2, 0) is 23.9 Å². The van der Waals surface area contributed by atoms with Gasteiger partial charge in [-0.25, -0.2) is 5.48 Å². The SMILES string of the molecule is CCCCC[C@H](CC(=O)NO)C(=O)N[C@H](C(=O)N1CCCC(C(=O)OCC)C1)C(C)C. The normalized spacial score (nSPS) is 18.3. The smallest absolute Gasteiger partial charge is 0.310 e. The number of carbonyl (C=O) groups excluding carboxylic acids is 4. The highest BCUT2D eigenvalue weighted by molar-refractivity contribution is 5.91. The van der Waals surface area contributed by atoms with Crippen LogP contribution in [0, 0.1) is 17.8 Å². The first-order valence-electron chi connectivity index (χ1n) is 11.4. The molecule has 1 fully saturated rings. The van der Waals surface area contributed by atoms with Crippen molar-refractivity contribution in [1.29, 1.82) is 0 Å². The average Bonchev–Trinajstić information content (AvgIpc) is 2.76. The van der Waals surface area contributed by atoms with E-state index >= 15 is 0 Å². The molecular weight excluding hydrogens is 402 g/mol. The lowest BCUT2D eigenvalue weighted by Crippen LogP contribution is -2.55. The maximum Gasteiger partial charge on any atom is 0.310 e. The quantitative estimate of drug-likeness (QED) is 0.184. The van der Waals surface area contributed by atoms with Gasteiger partial charge in [0.25, 0.3) is 0 Å². The average molecular weight is 442 g/mol. The van der Waals surface area contributed by atoms with Crippen molar-refractivity contribution >= 4 is 23.7 Å². The van der Waals surface area contributed by atoms with Crippen LogP contribution in [0.3, 0.4) is 0 Å². The number of likely N-dealkylation sites (tertiary alicyclic amines) is 1. The Morgan fingerprint density at radius 2 is 1.87 bits per heavy atom. The largest absolute Gasteiger partial charge is 0.466 e. The zero-order valence-corrected chi connectivity index (χ0v) is 19.3. The van der Waals surface area contributed by atoms with Gasteiger partial charge in [-0.2, -0.15) is 0 Å². The van der Waals surface area contributed by atoms with E-state index in [2.05, 4.69) is 5.32 Å². The van der Waals surface area contributed by atoms with Gasteiger partial charge in [0.15, 0.2) is 0 Å². The summed E-state index contributed by atoms with van der Waals surface area (Å²) < 4.78 is 5.10. The maximum absolute atomic E-state index is 13.2. The van der Waals surface area contributed by atoms with Crippen LogP contribution in [0.2, 0.25) is 0 Å². The van der Waals surface area contributed by atoms with Crippen LogP contribution in [0.15, 0.2) is 0 Å². The molecule has 0 aromatic rings. The summed E-state index contributed by atoms with van der Waals surface area (Å²) in [4.78, 5) is 51.5. The molecule has 1 unspecified atom stereocenters. The summed E-state index contributed by atoms with van der Waals surface area (Å²) in [6.45, 7) is 8.61. The van der Waals surface area contributed by atoms with E-state index in [0.717, 1.165) is 19.3 Å². The van der Waals surface area contributed by atoms with Crippen molar-refractivity contribution in [1.82, 2.24) is 15.7 Å². The number of piperidine rings is 1. The number of hydrogen-bond acceptors (Lipinski definition) is 6. The van der Waals surface area contributed by atoms with Crippen LogP contribution < -0.4 is 10.8 Å². The Bertz CT molecular complexity index is 610. The second-order valence-corrected chi connectivity index (χ2v) is 8.54. The van der Waals surface area contributed by atoms with Gasteiger partial charge in [0.2, 0.25) is 17.7 Å². The van der Waals surface area contributed by atoms with E-state index in [1.54, 1.807) is 17.3 Å². The minimum atomic E-state index is -0.751. The minimum absolute atomic E-state index is 0.139. The maximum atomic E-state index is 13.2. The second-order valence-electron chi connectivity index (χ2n) is 8.54. The van der Waals surface area contributed by atoms with Crippen LogP contribution in [0.25, 0.3) is 0 Å². The molecule has 0 aromatic heterocycles. The van der Waals surface area contributed by atoms with Gasteiger partial charge >= 0.3 is 5.97 Å². The summed E-state index contributed by atoms with van der Waals surface area (Å²) in [5.74, 6) is -2.66. The number of rotatable bonds is 12. The Balaban J connectivity index is 2.85. The number of unbranched alkanes of at least 4 members (excludes halogenated alkanes) is 2. The van der Waals surface area contributed by atoms with Gasteiger partial charge in [-0.1, -0.05) is 40.0 Å². The van der Waals surface area contributed by atoms with E-state index in [9.17, 15) is 19.2 Å². The molecule has 1 aliphatic rings. The Hall–Kier alpha value is -2.16. The molecule has 31 heavy (non-hydrogen) atoms. The molecule has 9 heteroatoms. The Morgan fingerprint density at radius 3 is 2.45 bits per heavy atom. The van der Waals surface area contributed by atoms with E-state index in [0.29, 0.717) is 32.4 Å². The third-order valence-corrected chi connectivity index (χ3v) is 5.67. The predicted molar refractivity (Wildman–Crippen MR) is 115 cm³/mol. The molecule has 3 N–H and O–H groups in total. The first-order valence-corrected chi connectivity index (χ1v) is 11.4. The molecule has 3 amide bonds. The van der Waals surface area contributed by atoms with E-state index < -0.39 is 17.9 Å². The van der Waals surface area contributed by atoms with Gasteiger partial charge in [-0.15, -0.1) is 0 Å². The van der Waals surface area contributed by atoms with Gasteiger partial charge < -0.3 is 15.0 Å². The van der Waals surface area contributed by atoms with Crippen LogP contribution in [-0.4, -0.2) is 59.5 Å². The molecule has 0 aromatic carbocycles. The summed E-state index contributed by atoms with van der Waals surface area (Å²) in [6, 6.07) is -0.751. The van der Waals surface area contributed by atoms with E-state index in [-0.39, 0.29) is 42.6 Å². The lowest BCUT2D eigenvalue weighted by Gasteiger charge is -2.35. The van der Waals surface area contributed by atoms with E-state index in [1.807, 2.05) is 20.8 Å². The Kier molecular flexibility index (Phi) is 12.1. The van der Waals surface area contributed by atoms with E-state index in [4.69, 9.17) is 9.94 Å². The molecule has 0 saturated carbocycles. The zero-order valence-electron chi connectivity index (χ0n) is 19.3. The fraction of sp³-hybridized carbons (Fsp3) is 0.818. The van der Waals surface area contributed by atoms with Crippen molar-refractivity contribution in [3.63, 3.8) is 0 Å². The summed E-state index contributed by atoms with van der Waals surface area (Å²) in [5.41, 5.74) is 1.58. The highest BCUT2D eigenvalue weighted by Gasteiger charge is 2.35. The van der Waals surface area contributed by atoms with Gasteiger partial charge in [0.1, 0.15) is 6.04 Å². The number of carbonyl (C=O) groups is 4. The predicted octanol–water partition coefficient (Wildman–Crippen LogP) is 2.02. The molecule has 0 spiro atoms. The van der Waals surface area contributed by atoms with Crippen molar-refractivity contribution in [3.8, 4) is 0 Å². The molecule has 1 heterocycles. The van der Waals surface area contributed by atoms with Crippen molar-refractivity contribution in [2.24, 2.45) is 17.8 Å². The number of ether oxygens (including phenoxy) is 1. The van der Waals surface area contributed by atoms with E-state index in [1.165, 1.54) is 0 Å². The number of esters is 1. The Labute approximate surface area is 185 Å². The third kappa shape index (κ3) is 8.85. The van der Waals surface area contributed by atoms with Crippen molar-refractivity contribution in [2.75, 3.05) is 19.7 Å². The van der Waals surface area contributed by atoms with Gasteiger partial charge in [0, 0.05) is 25.4 Å². The van der Waals surface area contributed by atoms with Gasteiger partial charge in [-0.3, -0.25) is 24.4 Å². The standard InChI is InChI=1S/C22H39N3O6/c1-5-7-8-10-16(13-18(26)24-30)20(27)23-19(15(3)4)21(28)25-12-9-11-17(14-25)22(29)31-6-2/h15-17,19,30H,5-14H2,1-4H3,(H,23,27)(H,24,26)/t16-,17?,19+/m1/s1. The highest BCUT2D eigenvalue weighted by Crippen LogP contribution is 2.21. The van der Waals surface area contributed by atoms with Crippen molar-refractivity contribution in [3.05, 3.63) is 0 Å². The fourth-order valence-electron chi connectivity index (χ4n) is 3.85. The lowest BCUT2D eigenvalue weighted by molar-refractivity contribution is -0.152. The number of nitrogens with zero attached hydrogens (tertiary/aromatic N) is 1. The summed E-state index contributed by atoms with van der Waals surface area (Å²) in [5, 5.41) is 11.7. The number of amides is 3. The molecule has 0 bridgehead atoms. The lowest BCUT2D eigenvalue weighted by atomic mass is 9.93. The summed E-state index contributed by atoms with van der Waals surface area (Å²) in [7, 11) is 0. The second kappa shape index (κ2) is 14.0. The topological polar surface area (TPSA) is 125 Å².